The van der Waals surface area contributed by atoms with Gasteiger partial charge in [-0.15, -0.1) is 0 Å². The lowest BCUT2D eigenvalue weighted by Gasteiger charge is -2.05. The first kappa shape index (κ1) is 8.28. The SMILES string of the molecule is C=C(NC)/C(=C/C)CC. The van der Waals surface area contributed by atoms with E-state index in [1.165, 1.54) is 5.57 Å². The molecule has 0 aliphatic heterocycles. The first-order valence-electron chi connectivity index (χ1n) is 3.28. The minimum atomic E-state index is 1.03. The molecule has 0 bridgehead atoms. The second kappa shape index (κ2) is 4.19. The molecule has 0 amide bonds. The van der Waals surface area contributed by atoms with Gasteiger partial charge in [0.05, 0.1) is 0 Å². The Balaban J connectivity index is 3.97. The maximum Gasteiger partial charge on any atom is 0.0293 e. The van der Waals surface area contributed by atoms with Gasteiger partial charge in [0, 0.05) is 12.7 Å². The Morgan fingerprint density at radius 2 is 2.22 bits per heavy atom. The number of hydrogen-bond donors (Lipinski definition) is 1. The number of likely N-dealkylation sites (N-methyl/N-ethyl adjacent to an activating group) is 1. The number of rotatable bonds is 3. The van der Waals surface area contributed by atoms with Crippen molar-refractivity contribution in [1.29, 1.82) is 0 Å². The van der Waals surface area contributed by atoms with Crippen LogP contribution in [0.3, 0.4) is 0 Å². The lowest BCUT2D eigenvalue weighted by atomic mass is 10.1. The first-order chi connectivity index (χ1) is 4.26. The highest BCUT2D eigenvalue weighted by Crippen LogP contribution is 2.06. The molecule has 1 N–H and O–H groups in total. The van der Waals surface area contributed by atoms with Crippen LogP contribution < -0.4 is 5.32 Å². The Kier molecular flexibility index (Phi) is 3.85. The lowest BCUT2D eigenvalue weighted by molar-refractivity contribution is 0.957. The predicted octanol–water partition coefficient (Wildman–Crippen LogP) is 2.08. The van der Waals surface area contributed by atoms with E-state index in [0.717, 1.165) is 12.1 Å². The molecule has 1 heteroatoms. The van der Waals surface area contributed by atoms with Gasteiger partial charge in [-0.3, -0.25) is 0 Å². The largest absolute Gasteiger partial charge is 0.388 e. The molecule has 0 heterocycles. The van der Waals surface area contributed by atoms with Crippen molar-refractivity contribution in [3.63, 3.8) is 0 Å². The average Bonchev–Trinajstić information content (AvgIpc) is 1.90. The number of hydrogen-bond acceptors (Lipinski definition) is 1. The van der Waals surface area contributed by atoms with E-state index in [1.54, 1.807) is 0 Å². The van der Waals surface area contributed by atoms with E-state index < -0.39 is 0 Å². The molecule has 0 aromatic rings. The van der Waals surface area contributed by atoms with Crippen LogP contribution in [0.5, 0.6) is 0 Å². The molecule has 0 aliphatic rings. The Bertz CT molecular complexity index is 123. The summed E-state index contributed by atoms with van der Waals surface area (Å²) in [5.74, 6) is 0. The molecule has 0 aromatic heterocycles. The van der Waals surface area contributed by atoms with E-state index >= 15 is 0 Å². The van der Waals surface area contributed by atoms with Gasteiger partial charge in [0.25, 0.3) is 0 Å². The molecular formula is C8H15N. The Morgan fingerprint density at radius 1 is 1.67 bits per heavy atom. The lowest BCUT2D eigenvalue weighted by Crippen LogP contribution is -2.05. The molecule has 0 rings (SSSR count). The van der Waals surface area contributed by atoms with Crippen LogP contribution >= 0.6 is 0 Å². The third kappa shape index (κ3) is 2.36. The molecule has 0 saturated carbocycles. The zero-order valence-corrected chi connectivity index (χ0v) is 6.49. The Labute approximate surface area is 57.5 Å². The third-order valence-electron chi connectivity index (χ3n) is 1.42. The summed E-state index contributed by atoms with van der Waals surface area (Å²) in [5.41, 5.74) is 2.32. The van der Waals surface area contributed by atoms with Crippen molar-refractivity contribution in [3.8, 4) is 0 Å². The second-order valence-corrected chi connectivity index (χ2v) is 1.90. The monoisotopic (exact) mass is 125 g/mol. The van der Waals surface area contributed by atoms with Gasteiger partial charge >= 0.3 is 0 Å². The summed E-state index contributed by atoms with van der Waals surface area (Å²) in [5, 5.41) is 3.00. The van der Waals surface area contributed by atoms with Gasteiger partial charge in [-0.1, -0.05) is 19.6 Å². The highest BCUT2D eigenvalue weighted by Gasteiger charge is 1.92. The fourth-order valence-electron chi connectivity index (χ4n) is 0.752. The zero-order valence-electron chi connectivity index (χ0n) is 6.49. The molecule has 0 aliphatic carbocycles. The van der Waals surface area contributed by atoms with Gasteiger partial charge in [-0.2, -0.15) is 0 Å². The highest BCUT2D eigenvalue weighted by atomic mass is 14.8. The zero-order chi connectivity index (χ0) is 7.28. The van der Waals surface area contributed by atoms with Crippen molar-refractivity contribution in [2.45, 2.75) is 20.3 Å². The molecule has 1 nitrogen and oxygen atoms in total. The molecule has 0 radical (unpaired) electrons. The smallest absolute Gasteiger partial charge is 0.0293 e. The molecule has 0 saturated heterocycles. The van der Waals surface area contributed by atoms with E-state index in [1.807, 2.05) is 14.0 Å². The van der Waals surface area contributed by atoms with Crippen LogP contribution in [0.4, 0.5) is 0 Å². The van der Waals surface area contributed by atoms with E-state index in [9.17, 15) is 0 Å². The summed E-state index contributed by atoms with van der Waals surface area (Å²) in [4.78, 5) is 0. The van der Waals surface area contributed by atoms with E-state index in [4.69, 9.17) is 0 Å². The van der Waals surface area contributed by atoms with Crippen LogP contribution in [-0.2, 0) is 0 Å². The summed E-state index contributed by atoms with van der Waals surface area (Å²) in [6, 6.07) is 0. The van der Waals surface area contributed by atoms with Gasteiger partial charge < -0.3 is 5.32 Å². The van der Waals surface area contributed by atoms with Gasteiger partial charge in [0.1, 0.15) is 0 Å². The average molecular weight is 125 g/mol. The van der Waals surface area contributed by atoms with Gasteiger partial charge in [0.2, 0.25) is 0 Å². The van der Waals surface area contributed by atoms with Crippen molar-refractivity contribution < 1.29 is 0 Å². The Morgan fingerprint density at radius 3 is 2.33 bits per heavy atom. The molecular weight excluding hydrogens is 110 g/mol. The summed E-state index contributed by atoms with van der Waals surface area (Å²) in [6.45, 7) is 7.99. The quantitative estimate of drug-likeness (QED) is 0.569. The van der Waals surface area contributed by atoms with E-state index in [0.29, 0.717) is 0 Å². The van der Waals surface area contributed by atoms with E-state index in [2.05, 4.69) is 24.9 Å². The fraction of sp³-hybridized carbons (Fsp3) is 0.500. The van der Waals surface area contributed by atoms with Crippen molar-refractivity contribution in [2.24, 2.45) is 0 Å². The van der Waals surface area contributed by atoms with Crippen LogP contribution in [-0.4, -0.2) is 7.05 Å². The minimum absolute atomic E-state index is 1.03. The normalized spacial score (nSPS) is 11.2. The molecule has 0 atom stereocenters. The van der Waals surface area contributed by atoms with Crippen LogP contribution in [0.25, 0.3) is 0 Å². The maximum atomic E-state index is 3.84. The molecule has 0 aromatic carbocycles. The molecule has 0 unspecified atom stereocenters. The summed E-state index contributed by atoms with van der Waals surface area (Å²) >= 11 is 0. The van der Waals surface area contributed by atoms with Gasteiger partial charge in [-0.25, -0.2) is 0 Å². The van der Waals surface area contributed by atoms with Crippen molar-refractivity contribution >= 4 is 0 Å². The summed E-state index contributed by atoms with van der Waals surface area (Å²) in [6.07, 6.45) is 3.13. The molecule has 52 valence electrons. The first-order valence-corrected chi connectivity index (χ1v) is 3.28. The topological polar surface area (TPSA) is 12.0 Å². The van der Waals surface area contributed by atoms with Crippen molar-refractivity contribution in [2.75, 3.05) is 7.05 Å². The third-order valence-corrected chi connectivity index (χ3v) is 1.42. The van der Waals surface area contributed by atoms with Crippen LogP contribution in [0.2, 0.25) is 0 Å². The summed E-state index contributed by atoms with van der Waals surface area (Å²) in [7, 11) is 1.89. The number of allylic oxidation sites excluding steroid dienone is 2. The Hall–Kier alpha value is -0.720. The highest BCUT2D eigenvalue weighted by molar-refractivity contribution is 5.24. The number of nitrogens with one attached hydrogen (secondary N) is 1. The standard InChI is InChI=1S/C8H15N/c1-5-8(6-2)7(3)9-4/h5,9H,3,6H2,1-2,4H3/b8-5+. The molecule has 0 fully saturated rings. The van der Waals surface area contributed by atoms with Crippen molar-refractivity contribution in [3.05, 3.63) is 23.9 Å². The summed E-state index contributed by atoms with van der Waals surface area (Å²) < 4.78 is 0. The minimum Gasteiger partial charge on any atom is -0.388 e. The van der Waals surface area contributed by atoms with Gasteiger partial charge in [0.15, 0.2) is 0 Å². The van der Waals surface area contributed by atoms with Crippen molar-refractivity contribution in [1.82, 2.24) is 5.32 Å². The van der Waals surface area contributed by atoms with E-state index in [-0.39, 0.29) is 0 Å². The fourth-order valence-corrected chi connectivity index (χ4v) is 0.752. The maximum absolute atomic E-state index is 3.84. The predicted molar refractivity (Wildman–Crippen MR) is 42.2 cm³/mol. The van der Waals surface area contributed by atoms with Crippen LogP contribution in [0, 0.1) is 0 Å². The molecule has 0 spiro atoms. The molecule has 9 heavy (non-hydrogen) atoms. The van der Waals surface area contributed by atoms with Crippen LogP contribution in [0.1, 0.15) is 20.3 Å². The second-order valence-electron chi connectivity index (χ2n) is 1.90. The van der Waals surface area contributed by atoms with Crippen LogP contribution in [0.15, 0.2) is 23.9 Å². The van der Waals surface area contributed by atoms with Gasteiger partial charge in [-0.05, 0) is 18.9 Å².